The number of thiocarbonyl (C=S) groups is 1. The number of thioether (sulfide) groups is 1. The molecule has 1 aliphatic heterocycles. The molecule has 2 aromatic carbocycles. The number of carbonyl (C=O) groups is 1. The fourth-order valence-corrected chi connectivity index (χ4v) is 3.99. The summed E-state index contributed by atoms with van der Waals surface area (Å²) >= 11 is 6.74. The van der Waals surface area contributed by atoms with Gasteiger partial charge in [-0.05, 0) is 51.1 Å². The molecule has 0 unspecified atom stereocenters. The molecule has 1 fully saturated rings. The van der Waals surface area contributed by atoms with Gasteiger partial charge in [-0.15, -0.1) is 0 Å². The molecule has 3 rings (SSSR count). The normalized spacial score (nSPS) is 15.5. The molecule has 1 heterocycles. The second-order valence-corrected chi connectivity index (χ2v) is 7.59. The van der Waals surface area contributed by atoms with E-state index in [0.29, 0.717) is 28.2 Å². The van der Waals surface area contributed by atoms with Crippen molar-refractivity contribution in [3.8, 4) is 11.5 Å². The van der Waals surface area contributed by atoms with Gasteiger partial charge in [-0.1, -0.05) is 41.7 Å². The molecule has 4 nitrogen and oxygen atoms in total. The summed E-state index contributed by atoms with van der Waals surface area (Å²) in [5.74, 6) is 1.31. The van der Waals surface area contributed by atoms with Gasteiger partial charge in [0.15, 0.2) is 4.32 Å². The van der Waals surface area contributed by atoms with Crippen molar-refractivity contribution in [2.45, 2.75) is 20.8 Å². The lowest BCUT2D eigenvalue weighted by Crippen LogP contribution is -2.27. The van der Waals surface area contributed by atoms with Crippen molar-refractivity contribution in [2.24, 2.45) is 0 Å². The summed E-state index contributed by atoms with van der Waals surface area (Å²) in [6, 6.07) is 13.4. The third-order valence-corrected chi connectivity index (χ3v) is 5.27. The number of benzene rings is 2. The van der Waals surface area contributed by atoms with Crippen LogP contribution in [0.4, 0.5) is 5.69 Å². The summed E-state index contributed by atoms with van der Waals surface area (Å²) < 4.78 is 11.8. The molecule has 6 heteroatoms. The number of hydrogen-bond acceptors (Lipinski definition) is 5. The third-order valence-electron chi connectivity index (χ3n) is 3.97. The lowest BCUT2D eigenvalue weighted by atomic mass is 10.1. The lowest BCUT2D eigenvalue weighted by molar-refractivity contribution is -0.113. The second-order valence-electron chi connectivity index (χ2n) is 5.92. The quantitative estimate of drug-likeness (QED) is 0.493. The van der Waals surface area contributed by atoms with Crippen LogP contribution in [0.3, 0.4) is 0 Å². The molecule has 1 saturated heterocycles. The van der Waals surface area contributed by atoms with E-state index in [9.17, 15) is 4.79 Å². The molecule has 1 amide bonds. The largest absolute Gasteiger partial charge is 0.494 e. The number of aryl methyl sites for hydroxylation is 1. The number of nitrogens with zero attached hydrogens (tertiary/aromatic N) is 1. The highest BCUT2D eigenvalue weighted by Crippen LogP contribution is 2.37. The topological polar surface area (TPSA) is 38.8 Å². The Bertz CT molecular complexity index is 891. The third kappa shape index (κ3) is 4.34. The lowest BCUT2D eigenvalue weighted by Gasteiger charge is -2.14. The fraction of sp³-hybridized carbons (Fsp3) is 0.238. The van der Waals surface area contributed by atoms with Gasteiger partial charge >= 0.3 is 0 Å². The first-order valence-electron chi connectivity index (χ1n) is 8.77. The SMILES string of the molecule is CCOc1ccc(/C=C2\SC(=S)N(c3ccc(C)cc3)C2=O)c(OCC)c1. The van der Waals surface area contributed by atoms with Crippen molar-refractivity contribution < 1.29 is 14.3 Å². The molecule has 140 valence electrons. The number of ether oxygens (including phenoxy) is 2. The Kier molecular flexibility index (Phi) is 6.19. The van der Waals surface area contributed by atoms with Gasteiger partial charge in [-0.2, -0.15) is 0 Å². The molecular formula is C21H21NO3S2. The molecule has 0 aromatic heterocycles. The van der Waals surface area contributed by atoms with Gasteiger partial charge in [0.05, 0.1) is 23.8 Å². The highest BCUT2D eigenvalue weighted by Gasteiger charge is 2.33. The Labute approximate surface area is 169 Å². The summed E-state index contributed by atoms with van der Waals surface area (Å²) in [6.07, 6.45) is 1.83. The highest BCUT2D eigenvalue weighted by atomic mass is 32.2. The molecule has 0 saturated carbocycles. The maximum Gasteiger partial charge on any atom is 0.270 e. The van der Waals surface area contributed by atoms with Gasteiger partial charge in [-0.25, -0.2) is 0 Å². The number of anilines is 1. The van der Waals surface area contributed by atoms with Gasteiger partial charge < -0.3 is 9.47 Å². The summed E-state index contributed by atoms with van der Waals surface area (Å²) in [7, 11) is 0. The van der Waals surface area contributed by atoms with Crippen molar-refractivity contribution in [1.29, 1.82) is 0 Å². The zero-order chi connectivity index (χ0) is 19.4. The van der Waals surface area contributed by atoms with Gasteiger partial charge in [-0.3, -0.25) is 9.69 Å². The van der Waals surface area contributed by atoms with Crippen LogP contribution in [-0.2, 0) is 4.79 Å². The first-order valence-corrected chi connectivity index (χ1v) is 10.00. The van der Waals surface area contributed by atoms with Gasteiger partial charge in [0.25, 0.3) is 5.91 Å². The first-order chi connectivity index (χ1) is 13.0. The molecule has 1 aliphatic rings. The molecule has 0 radical (unpaired) electrons. The van der Waals surface area contributed by atoms with Gasteiger partial charge in [0.2, 0.25) is 0 Å². The van der Waals surface area contributed by atoms with Crippen molar-refractivity contribution in [3.05, 3.63) is 58.5 Å². The van der Waals surface area contributed by atoms with E-state index >= 15 is 0 Å². The van der Waals surface area contributed by atoms with E-state index in [1.165, 1.54) is 11.8 Å². The smallest absolute Gasteiger partial charge is 0.270 e. The Hall–Kier alpha value is -2.31. The summed E-state index contributed by atoms with van der Waals surface area (Å²) in [4.78, 5) is 15.1. The standard InChI is InChI=1S/C21H21NO3S2/c1-4-24-17-11-8-15(18(13-17)25-5-2)12-19-20(23)22(21(26)27-19)16-9-6-14(3)7-10-16/h6-13H,4-5H2,1-3H3/b19-12-. The minimum Gasteiger partial charge on any atom is -0.494 e. The fourth-order valence-electron chi connectivity index (χ4n) is 2.70. The van der Waals surface area contributed by atoms with Crippen LogP contribution in [-0.4, -0.2) is 23.4 Å². The molecule has 27 heavy (non-hydrogen) atoms. The van der Waals surface area contributed by atoms with Crippen LogP contribution >= 0.6 is 24.0 Å². The Morgan fingerprint density at radius 2 is 1.78 bits per heavy atom. The van der Waals surface area contributed by atoms with Gasteiger partial charge in [0.1, 0.15) is 11.5 Å². The average Bonchev–Trinajstić information content (AvgIpc) is 2.92. The second kappa shape index (κ2) is 8.59. The number of rotatable bonds is 6. The molecule has 0 spiro atoms. The summed E-state index contributed by atoms with van der Waals surface area (Å²) in [5.41, 5.74) is 2.74. The minimum absolute atomic E-state index is 0.120. The van der Waals surface area contributed by atoms with E-state index < -0.39 is 0 Å². The molecule has 0 bridgehead atoms. The van der Waals surface area contributed by atoms with E-state index in [-0.39, 0.29) is 5.91 Å². The van der Waals surface area contributed by atoms with Crippen LogP contribution in [0.2, 0.25) is 0 Å². The van der Waals surface area contributed by atoms with E-state index in [1.807, 2.05) is 69.3 Å². The molecule has 0 atom stereocenters. The van der Waals surface area contributed by atoms with E-state index in [2.05, 4.69) is 0 Å². The van der Waals surface area contributed by atoms with Crippen molar-refractivity contribution in [2.75, 3.05) is 18.1 Å². The molecule has 0 N–H and O–H groups in total. The van der Waals surface area contributed by atoms with Crippen molar-refractivity contribution in [1.82, 2.24) is 0 Å². The number of hydrogen-bond donors (Lipinski definition) is 0. The predicted octanol–water partition coefficient (Wildman–Crippen LogP) is 5.20. The summed E-state index contributed by atoms with van der Waals surface area (Å²) in [5, 5.41) is 0. The maximum atomic E-state index is 12.9. The maximum absolute atomic E-state index is 12.9. The first kappa shape index (κ1) is 19.5. The van der Waals surface area contributed by atoms with Crippen LogP contribution in [0, 0.1) is 6.92 Å². The van der Waals surface area contributed by atoms with Crippen LogP contribution in [0.25, 0.3) is 6.08 Å². The van der Waals surface area contributed by atoms with Crippen molar-refractivity contribution in [3.63, 3.8) is 0 Å². The van der Waals surface area contributed by atoms with Crippen molar-refractivity contribution >= 4 is 46.0 Å². The van der Waals surface area contributed by atoms with E-state index in [4.69, 9.17) is 21.7 Å². The van der Waals surface area contributed by atoms with Crippen LogP contribution < -0.4 is 14.4 Å². The molecule has 0 aliphatic carbocycles. The molecule has 2 aromatic rings. The van der Waals surface area contributed by atoms with Crippen LogP contribution in [0.15, 0.2) is 47.4 Å². The number of amides is 1. The predicted molar refractivity (Wildman–Crippen MR) is 116 cm³/mol. The average molecular weight is 400 g/mol. The van der Waals surface area contributed by atoms with E-state index in [1.54, 1.807) is 4.90 Å². The number of carbonyl (C=O) groups excluding carboxylic acids is 1. The van der Waals surface area contributed by atoms with Crippen LogP contribution in [0.5, 0.6) is 11.5 Å². The molecular weight excluding hydrogens is 378 g/mol. The van der Waals surface area contributed by atoms with E-state index in [0.717, 1.165) is 22.6 Å². The Morgan fingerprint density at radius 3 is 2.44 bits per heavy atom. The minimum atomic E-state index is -0.120. The van der Waals surface area contributed by atoms with Crippen LogP contribution in [0.1, 0.15) is 25.0 Å². The van der Waals surface area contributed by atoms with Gasteiger partial charge in [0, 0.05) is 11.6 Å². The zero-order valence-electron chi connectivity index (χ0n) is 15.5. The summed E-state index contributed by atoms with van der Waals surface area (Å²) in [6.45, 7) is 6.98. The zero-order valence-corrected chi connectivity index (χ0v) is 17.2. The monoisotopic (exact) mass is 399 g/mol. The Balaban J connectivity index is 1.92. The highest BCUT2D eigenvalue weighted by molar-refractivity contribution is 8.27. The Morgan fingerprint density at radius 1 is 1.07 bits per heavy atom.